The third kappa shape index (κ3) is 2.26. The molecule has 2 N–H and O–H groups in total. The van der Waals surface area contributed by atoms with Gasteiger partial charge in [0.05, 0.1) is 0 Å². The average Bonchev–Trinajstić information content (AvgIpc) is 2.84. The molecular weight excluding hydrogens is 288 g/mol. The summed E-state index contributed by atoms with van der Waals surface area (Å²) in [5.74, 6) is 2.22. The first-order chi connectivity index (χ1) is 11.0. The van der Waals surface area contributed by atoms with Gasteiger partial charge in [-0.1, -0.05) is 26.0 Å². The van der Waals surface area contributed by atoms with Crippen molar-refractivity contribution in [3.05, 3.63) is 53.6 Å². The Hall–Kier alpha value is -2.16. The molecule has 3 heteroatoms. The van der Waals surface area contributed by atoms with Gasteiger partial charge in [0.25, 0.3) is 0 Å². The molecule has 1 fully saturated rings. The Morgan fingerprint density at radius 2 is 1.70 bits per heavy atom. The van der Waals surface area contributed by atoms with Crippen LogP contribution in [-0.4, -0.2) is 10.2 Å². The Bertz CT molecular complexity index is 733. The zero-order valence-corrected chi connectivity index (χ0v) is 13.5. The van der Waals surface area contributed by atoms with E-state index in [1.54, 1.807) is 18.2 Å². The minimum atomic E-state index is -0.000539. The van der Waals surface area contributed by atoms with Gasteiger partial charge < -0.3 is 14.9 Å². The summed E-state index contributed by atoms with van der Waals surface area (Å²) in [6, 6.07) is 12.8. The smallest absolute Gasteiger partial charge is 0.127 e. The fraction of sp³-hybridized carbons (Fsp3) is 0.400. The van der Waals surface area contributed by atoms with E-state index in [0.29, 0.717) is 17.6 Å². The maximum atomic E-state index is 9.91. The molecule has 1 aliphatic heterocycles. The van der Waals surface area contributed by atoms with E-state index in [1.807, 2.05) is 24.3 Å². The predicted molar refractivity (Wildman–Crippen MR) is 88.8 cm³/mol. The largest absolute Gasteiger partial charge is 0.508 e. The summed E-state index contributed by atoms with van der Waals surface area (Å²) in [7, 11) is 0. The fourth-order valence-electron chi connectivity index (χ4n) is 4.51. The number of phenols is 2. The maximum absolute atomic E-state index is 9.91. The molecule has 0 unspecified atom stereocenters. The number of phenolic OH excluding ortho intramolecular Hbond substituents is 2. The van der Waals surface area contributed by atoms with Crippen LogP contribution in [0.4, 0.5) is 0 Å². The SMILES string of the molecule is CC1(C)CC[C@H]2[C@@H](c3ccc(O)cc3)Oc3ccc(O)cc3[C@H]21. The van der Waals surface area contributed by atoms with Crippen LogP contribution < -0.4 is 4.74 Å². The molecule has 0 amide bonds. The van der Waals surface area contributed by atoms with Crippen LogP contribution in [0.25, 0.3) is 0 Å². The van der Waals surface area contributed by atoms with Crippen LogP contribution in [0.1, 0.15) is 49.8 Å². The van der Waals surface area contributed by atoms with E-state index in [4.69, 9.17) is 4.74 Å². The van der Waals surface area contributed by atoms with Crippen LogP contribution in [0, 0.1) is 11.3 Å². The van der Waals surface area contributed by atoms with Crippen molar-refractivity contribution in [3.63, 3.8) is 0 Å². The molecule has 2 aliphatic rings. The molecule has 1 saturated carbocycles. The normalized spacial score (nSPS) is 27.8. The lowest BCUT2D eigenvalue weighted by Crippen LogP contribution is -2.31. The van der Waals surface area contributed by atoms with Gasteiger partial charge >= 0.3 is 0 Å². The minimum Gasteiger partial charge on any atom is -0.508 e. The van der Waals surface area contributed by atoms with Crippen molar-refractivity contribution in [2.24, 2.45) is 11.3 Å². The first-order valence-corrected chi connectivity index (χ1v) is 8.24. The van der Waals surface area contributed by atoms with Crippen molar-refractivity contribution in [2.45, 2.75) is 38.7 Å². The van der Waals surface area contributed by atoms with Crippen LogP contribution >= 0.6 is 0 Å². The number of hydrogen-bond donors (Lipinski definition) is 2. The Morgan fingerprint density at radius 3 is 2.43 bits per heavy atom. The van der Waals surface area contributed by atoms with Gasteiger partial charge in [-0.15, -0.1) is 0 Å². The minimum absolute atomic E-state index is 0.000539. The molecule has 1 aliphatic carbocycles. The summed E-state index contributed by atoms with van der Waals surface area (Å²) in [5.41, 5.74) is 2.42. The van der Waals surface area contributed by atoms with Gasteiger partial charge in [-0.2, -0.15) is 0 Å². The molecule has 0 aromatic heterocycles. The summed E-state index contributed by atoms with van der Waals surface area (Å²) in [4.78, 5) is 0. The Balaban J connectivity index is 1.82. The zero-order valence-electron chi connectivity index (χ0n) is 13.5. The van der Waals surface area contributed by atoms with Crippen molar-refractivity contribution in [3.8, 4) is 17.2 Å². The maximum Gasteiger partial charge on any atom is 0.127 e. The first kappa shape index (κ1) is 14.4. The van der Waals surface area contributed by atoms with E-state index >= 15 is 0 Å². The second-order valence-electron chi connectivity index (χ2n) is 7.52. The van der Waals surface area contributed by atoms with Crippen LogP contribution in [-0.2, 0) is 0 Å². The summed E-state index contributed by atoms with van der Waals surface area (Å²) >= 11 is 0. The number of rotatable bonds is 1. The summed E-state index contributed by atoms with van der Waals surface area (Å²) in [6.45, 7) is 4.62. The third-order valence-electron chi connectivity index (χ3n) is 5.58. The van der Waals surface area contributed by atoms with Gasteiger partial charge in [0.2, 0.25) is 0 Å². The molecule has 23 heavy (non-hydrogen) atoms. The van der Waals surface area contributed by atoms with Crippen molar-refractivity contribution in [2.75, 3.05) is 0 Å². The van der Waals surface area contributed by atoms with Crippen molar-refractivity contribution < 1.29 is 14.9 Å². The van der Waals surface area contributed by atoms with Crippen LogP contribution in [0.3, 0.4) is 0 Å². The van der Waals surface area contributed by atoms with Gasteiger partial charge in [0, 0.05) is 11.5 Å². The quantitative estimate of drug-likeness (QED) is 0.799. The molecule has 0 saturated heterocycles. The van der Waals surface area contributed by atoms with E-state index in [-0.39, 0.29) is 17.3 Å². The second-order valence-corrected chi connectivity index (χ2v) is 7.52. The molecule has 4 rings (SSSR count). The van der Waals surface area contributed by atoms with Gasteiger partial charge in [0.1, 0.15) is 23.4 Å². The fourth-order valence-corrected chi connectivity index (χ4v) is 4.51. The molecule has 3 atom stereocenters. The van der Waals surface area contributed by atoms with Crippen molar-refractivity contribution in [1.29, 1.82) is 0 Å². The summed E-state index contributed by atoms with van der Waals surface area (Å²) in [6.07, 6.45) is 2.26. The number of ether oxygens (including phenoxy) is 1. The van der Waals surface area contributed by atoms with Gasteiger partial charge in [-0.05, 0) is 60.1 Å². The standard InChI is InChI=1S/C20H22O3/c1-20(2)10-9-15-18(20)16-11-14(22)7-8-17(16)23-19(15)12-3-5-13(21)6-4-12/h3-8,11,15,18-19,21-22H,9-10H2,1-2H3/t15-,18+,19-/m1/s1. The number of aromatic hydroxyl groups is 2. The third-order valence-corrected chi connectivity index (χ3v) is 5.58. The van der Waals surface area contributed by atoms with E-state index in [2.05, 4.69) is 13.8 Å². The molecule has 0 spiro atoms. The van der Waals surface area contributed by atoms with E-state index in [1.165, 1.54) is 0 Å². The Labute approximate surface area is 136 Å². The number of fused-ring (bicyclic) bond motifs is 3. The number of hydrogen-bond acceptors (Lipinski definition) is 3. The molecule has 3 nitrogen and oxygen atoms in total. The summed E-state index contributed by atoms with van der Waals surface area (Å²) < 4.78 is 6.33. The van der Waals surface area contributed by atoms with Gasteiger partial charge in [0.15, 0.2) is 0 Å². The molecule has 0 bridgehead atoms. The topological polar surface area (TPSA) is 49.7 Å². The van der Waals surface area contributed by atoms with Crippen LogP contribution in [0.5, 0.6) is 17.2 Å². The van der Waals surface area contributed by atoms with E-state index < -0.39 is 0 Å². The van der Waals surface area contributed by atoms with E-state index in [9.17, 15) is 10.2 Å². The highest BCUT2D eigenvalue weighted by Gasteiger charge is 2.50. The highest BCUT2D eigenvalue weighted by molar-refractivity contribution is 5.46. The second kappa shape index (κ2) is 4.92. The van der Waals surface area contributed by atoms with Gasteiger partial charge in [-0.3, -0.25) is 0 Å². The molecule has 120 valence electrons. The molecule has 1 heterocycles. The Kier molecular flexibility index (Phi) is 3.09. The lowest BCUT2D eigenvalue weighted by Gasteiger charge is -2.41. The van der Waals surface area contributed by atoms with E-state index in [0.717, 1.165) is 29.7 Å². The lowest BCUT2D eigenvalue weighted by atomic mass is 9.70. The van der Waals surface area contributed by atoms with Crippen molar-refractivity contribution in [1.82, 2.24) is 0 Å². The molecule has 0 radical (unpaired) electrons. The van der Waals surface area contributed by atoms with Crippen LogP contribution in [0.2, 0.25) is 0 Å². The molecule has 2 aromatic carbocycles. The monoisotopic (exact) mass is 310 g/mol. The van der Waals surface area contributed by atoms with Crippen LogP contribution in [0.15, 0.2) is 42.5 Å². The molecule has 2 aromatic rings. The Morgan fingerprint density at radius 1 is 1.00 bits per heavy atom. The highest BCUT2D eigenvalue weighted by atomic mass is 16.5. The van der Waals surface area contributed by atoms with Gasteiger partial charge in [-0.25, -0.2) is 0 Å². The summed E-state index contributed by atoms with van der Waals surface area (Å²) in [5, 5.41) is 19.5. The highest BCUT2D eigenvalue weighted by Crippen LogP contribution is 2.61. The lowest BCUT2D eigenvalue weighted by molar-refractivity contribution is 0.0869. The zero-order chi connectivity index (χ0) is 16.2. The average molecular weight is 310 g/mol. The number of benzene rings is 2. The molecular formula is C20H22O3. The van der Waals surface area contributed by atoms with Crippen molar-refractivity contribution >= 4 is 0 Å². The predicted octanol–water partition coefficient (Wildman–Crippen LogP) is 4.75. The first-order valence-electron chi connectivity index (χ1n) is 8.24.